The first kappa shape index (κ1) is 12.5. The van der Waals surface area contributed by atoms with Gasteiger partial charge in [0.05, 0.1) is 7.11 Å². The Morgan fingerprint density at radius 3 is 2.79 bits per heavy atom. The summed E-state index contributed by atoms with van der Waals surface area (Å²) < 4.78 is 16.9. The van der Waals surface area contributed by atoms with E-state index in [4.69, 9.17) is 19.6 Å². The van der Waals surface area contributed by atoms with Crippen LogP contribution in [0.4, 0.5) is 0 Å². The first-order valence-electron chi connectivity index (χ1n) is 6.64. The number of benzene rings is 1. The highest BCUT2D eigenvalue weighted by atomic mass is 16.5. The fraction of sp³-hybridized carbons (Fsp3) is 0.467. The number of rotatable bonds is 3. The molecule has 0 radical (unpaired) electrons. The molecule has 0 spiro atoms. The van der Waals surface area contributed by atoms with Crippen molar-refractivity contribution in [3.05, 3.63) is 30.0 Å². The van der Waals surface area contributed by atoms with Gasteiger partial charge in [0.1, 0.15) is 5.76 Å². The molecule has 0 amide bonds. The molecule has 1 aliphatic rings. The Hall–Kier alpha value is -1.52. The lowest BCUT2D eigenvalue weighted by atomic mass is 9.78. The summed E-state index contributed by atoms with van der Waals surface area (Å²) in [4.78, 5) is 0. The molecule has 1 fully saturated rings. The van der Waals surface area contributed by atoms with Crippen LogP contribution in [0.1, 0.15) is 18.6 Å². The molecule has 4 heteroatoms. The second kappa shape index (κ2) is 4.87. The van der Waals surface area contributed by atoms with Crippen molar-refractivity contribution in [2.75, 3.05) is 26.9 Å². The zero-order valence-electron chi connectivity index (χ0n) is 11.1. The second-order valence-corrected chi connectivity index (χ2v) is 5.09. The Balaban J connectivity index is 2.09. The van der Waals surface area contributed by atoms with Crippen molar-refractivity contribution < 1.29 is 13.9 Å². The van der Waals surface area contributed by atoms with Crippen LogP contribution in [-0.4, -0.2) is 26.9 Å². The third-order valence-electron chi connectivity index (χ3n) is 4.09. The lowest BCUT2D eigenvalue weighted by Crippen LogP contribution is -2.40. The van der Waals surface area contributed by atoms with E-state index in [1.807, 2.05) is 18.2 Å². The predicted molar refractivity (Wildman–Crippen MR) is 73.6 cm³/mol. The lowest BCUT2D eigenvalue weighted by molar-refractivity contribution is 0.0458. The topological polar surface area (TPSA) is 57.6 Å². The summed E-state index contributed by atoms with van der Waals surface area (Å²) in [5.41, 5.74) is 6.73. The van der Waals surface area contributed by atoms with Gasteiger partial charge in [0.25, 0.3) is 0 Å². The molecule has 0 bridgehead atoms. The Bertz CT molecular complexity index is 570. The largest absolute Gasteiger partial charge is 0.493 e. The smallest absolute Gasteiger partial charge is 0.176 e. The molecule has 1 saturated heterocycles. The van der Waals surface area contributed by atoms with Crippen molar-refractivity contribution in [3.8, 4) is 5.75 Å². The van der Waals surface area contributed by atoms with Crippen LogP contribution >= 0.6 is 0 Å². The second-order valence-electron chi connectivity index (χ2n) is 5.09. The molecule has 102 valence electrons. The van der Waals surface area contributed by atoms with E-state index < -0.39 is 0 Å². The number of para-hydroxylation sites is 1. The Labute approximate surface area is 112 Å². The van der Waals surface area contributed by atoms with Gasteiger partial charge < -0.3 is 19.6 Å². The molecule has 4 nitrogen and oxygen atoms in total. The molecule has 1 aromatic carbocycles. The fourth-order valence-corrected chi connectivity index (χ4v) is 2.77. The molecule has 2 N–H and O–H groups in total. The highest BCUT2D eigenvalue weighted by Gasteiger charge is 2.36. The first-order chi connectivity index (χ1) is 9.29. The van der Waals surface area contributed by atoms with Gasteiger partial charge in [0.2, 0.25) is 0 Å². The number of hydrogen-bond acceptors (Lipinski definition) is 4. The van der Waals surface area contributed by atoms with Crippen molar-refractivity contribution in [2.24, 2.45) is 5.73 Å². The monoisotopic (exact) mass is 261 g/mol. The molecule has 0 saturated carbocycles. The van der Waals surface area contributed by atoms with Crippen molar-refractivity contribution in [1.82, 2.24) is 0 Å². The van der Waals surface area contributed by atoms with E-state index in [1.165, 1.54) is 0 Å². The van der Waals surface area contributed by atoms with E-state index in [1.54, 1.807) is 7.11 Å². The number of ether oxygens (including phenoxy) is 2. The zero-order valence-corrected chi connectivity index (χ0v) is 11.1. The summed E-state index contributed by atoms with van der Waals surface area (Å²) in [5, 5.41) is 1.06. The first-order valence-corrected chi connectivity index (χ1v) is 6.64. The van der Waals surface area contributed by atoms with Gasteiger partial charge in [0.15, 0.2) is 11.3 Å². The number of furan rings is 1. The van der Waals surface area contributed by atoms with E-state index in [2.05, 4.69) is 6.07 Å². The quantitative estimate of drug-likeness (QED) is 0.922. The molecule has 19 heavy (non-hydrogen) atoms. The Morgan fingerprint density at radius 2 is 2.11 bits per heavy atom. The van der Waals surface area contributed by atoms with Crippen molar-refractivity contribution in [3.63, 3.8) is 0 Å². The van der Waals surface area contributed by atoms with Crippen LogP contribution in [0.2, 0.25) is 0 Å². The summed E-state index contributed by atoms with van der Waals surface area (Å²) in [6, 6.07) is 8.01. The molecule has 2 heterocycles. The van der Waals surface area contributed by atoms with Gasteiger partial charge in [-0.2, -0.15) is 0 Å². The number of fused-ring (bicyclic) bond motifs is 1. The van der Waals surface area contributed by atoms with E-state index in [0.717, 1.165) is 48.5 Å². The molecule has 1 aliphatic heterocycles. The van der Waals surface area contributed by atoms with Crippen LogP contribution in [-0.2, 0) is 10.2 Å². The van der Waals surface area contributed by atoms with Crippen molar-refractivity contribution >= 4 is 11.0 Å². The van der Waals surface area contributed by atoms with E-state index >= 15 is 0 Å². The standard InChI is InChI=1S/C15H19NO3/c1-17-12-4-2-3-11-9-13(19-14(11)12)15(10-16)5-7-18-8-6-15/h2-4,9H,5-8,10,16H2,1H3. The maximum Gasteiger partial charge on any atom is 0.176 e. The average molecular weight is 261 g/mol. The van der Waals surface area contributed by atoms with Gasteiger partial charge in [-0.25, -0.2) is 0 Å². The van der Waals surface area contributed by atoms with Gasteiger partial charge in [-0.05, 0) is 25.0 Å². The normalized spacial score (nSPS) is 18.6. The minimum atomic E-state index is -0.0950. The number of methoxy groups -OCH3 is 1. The van der Waals surface area contributed by atoms with Gasteiger partial charge in [-0.3, -0.25) is 0 Å². The Kier molecular flexibility index (Phi) is 3.21. The maximum atomic E-state index is 6.06. The van der Waals surface area contributed by atoms with Crippen molar-refractivity contribution in [1.29, 1.82) is 0 Å². The van der Waals surface area contributed by atoms with Gasteiger partial charge in [-0.15, -0.1) is 0 Å². The molecular formula is C15H19NO3. The molecule has 0 atom stereocenters. The van der Waals surface area contributed by atoms with Crippen molar-refractivity contribution in [2.45, 2.75) is 18.3 Å². The molecule has 0 unspecified atom stereocenters. The molecule has 3 rings (SSSR count). The van der Waals surface area contributed by atoms with E-state index in [-0.39, 0.29) is 5.41 Å². The molecule has 0 aliphatic carbocycles. The summed E-state index contributed by atoms with van der Waals surface area (Å²) in [5.74, 6) is 1.72. The highest BCUT2D eigenvalue weighted by molar-refractivity contribution is 5.84. The molecule has 1 aromatic heterocycles. The summed E-state index contributed by atoms with van der Waals surface area (Å²) in [6.45, 7) is 2.06. The van der Waals surface area contributed by atoms with Crippen LogP contribution in [0.5, 0.6) is 5.75 Å². The van der Waals surface area contributed by atoms with Crippen LogP contribution in [0.25, 0.3) is 11.0 Å². The summed E-state index contributed by atoms with van der Waals surface area (Å²) in [7, 11) is 1.66. The molecular weight excluding hydrogens is 242 g/mol. The Morgan fingerprint density at radius 1 is 1.32 bits per heavy atom. The third kappa shape index (κ3) is 2.01. The van der Waals surface area contributed by atoms with Crippen LogP contribution in [0.15, 0.2) is 28.7 Å². The number of hydrogen-bond donors (Lipinski definition) is 1. The summed E-state index contributed by atoms with van der Waals surface area (Å²) in [6.07, 6.45) is 1.82. The lowest BCUT2D eigenvalue weighted by Gasteiger charge is -2.34. The van der Waals surface area contributed by atoms with E-state index in [9.17, 15) is 0 Å². The summed E-state index contributed by atoms with van der Waals surface area (Å²) >= 11 is 0. The minimum absolute atomic E-state index is 0.0950. The van der Waals surface area contributed by atoms with Gasteiger partial charge in [-0.1, -0.05) is 12.1 Å². The SMILES string of the molecule is COc1cccc2cc(C3(CN)CCOCC3)oc12. The predicted octanol–water partition coefficient (Wildman–Crippen LogP) is 2.45. The highest BCUT2D eigenvalue weighted by Crippen LogP contribution is 2.39. The number of nitrogens with two attached hydrogens (primary N) is 1. The van der Waals surface area contributed by atoms with Gasteiger partial charge >= 0.3 is 0 Å². The van der Waals surface area contributed by atoms with Crippen LogP contribution < -0.4 is 10.5 Å². The third-order valence-corrected chi connectivity index (χ3v) is 4.09. The van der Waals surface area contributed by atoms with Gasteiger partial charge in [0, 0.05) is 30.6 Å². The minimum Gasteiger partial charge on any atom is -0.493 e. The molecule has 2 aromatic rings. The maximum absolute atomic E-state index is 6.06. The zero-order chi connectivity index (χ0) is 13.3. The van der Waals surface area contributed by atoms with Crippen LogP contribution in [0.3, 0.4) is 0 Å². The fourth-order valence-electron chi connectivity index (χ4n) is 2.77. The van der Waals surface area contributed by atoms with Crippen LogP contribution in [0, 0.1) is 0 Å². The van der Waals surface area contributed by atoms with E-state index in [0.29, 0.717) is 6.54 Å². The average Bonchev–Trinajstić information content (AvgIpc) is 2.92.